The fourth-order valence-corrected chi connectivity index (χ4v) is 2.05. The standard InChI is InChI=1S/C12H16F3N3/c1-8(2)11(16)6-18(7-11)10-9(12(13,14)15)4-3-5-17-10/h3-5,8H,6-7,16H2,1-2H3. The molecule has 3 nitrogen and oxygen atoms in total. The average molecular weight is 259 g/mol. The maximum Gasteiger partial charge on any atom is 0.419 e. The van der Waals surface area contributed by atoms with Crippen molar-refractivity contribution in [2.75, 3.05) is 18.0 Å². The van der Waals surface area contributed by atoms with Crippen molar-refractivity contribution in [2.24, 2.45) is 11.7 Å². The quantitative estimate of drug-likeness (QED) is 0.886. The summed E-state index contributed by atoms with van der Waals surface area (Å²) in [5.41, 5.74) is 4.97. The molecular formula is C12H16F3N3. The fraction of sp³-hybridized carbons (Fsp3) is 0.583. The topological polar surface area (TPSA) is 42.1 Å². The van der Waals surface area contributed by atoms with Crippen LogP contribution in [0.5, 0.6) is 0 Å². The van der Waals surface area contributed by atoms with Crippen LogP contribution in [0.2, 0.25) is 0 Å². The van der Waals surface area contributed by atoms with Gasteiger partial charge in [-0.15, -0.1) is 0 Å². The van der Waals surface area contributed by atoms with Crippen LogP contribution in [-0.2, 0) is 6.18 Å². The Kier molecular flexibility index (Phi) is 3.01. The lowest BCUT2D eigenvalue weighted by Gasteiger charge is -2.51. The van der Waals surface area contributed by atoms with Gasteiger partial charge in [0.05, 0.1) is 11.1 Å². The van der Waals surface area contributed by atoms with Crippen LogP contribution in [-0.4, -0.2) is 23.6 Å². The number of rotatable bonds is 2. The summed E-state index contributed by atoms with van der Waals surface area (Å²) in [5.74, 6) is 0.207. The van der Waals surface area contributed by atoms with Crippen LogP contribution in [0.15, 0.2) is 18.3 Å². The molecule has 2 heterocycles. The number of pyridine rings is 1. The summed E-state index contributed by atoms with van der Waals surface area (Å²) in [6.45, 7) is 4.76. The molecule has 1 fully saturated rings. The molecule has 0 atom stereocenters. The molecule has 0 saturated carbocycles. The molecule has 100 valence electrons. The number of alkyl halides is 3. The normalized spacial score (nSPS) is 18.9. The summed E-state index contributed by atoms with van der Waals surface area (Å²) < 4.78 is 38.5. The van der Waals surface area contributed by atoms with Gasteiger partial charge in [0.25, 0.3) is 0 Å². The first kappa shape index (κ1) is 13.1. The molecule has 1 aromatic rings. The van der Waals surface area contributed by atoms with Gasteiger partial charge >= 0.3 is 6.18 Å². The molecule has 18 heavy (non-hydrogen) atoms. The van der Waals surface area contributed by atoms with Crippen LogP contribution in [0.3, 0.4) is 0 Å². The van der Waals surface area contributed by atoms with Crippen molar-refractivity contribution in [3.05, 3.63) is 23.9 Å². The van der Waals surface area contributed by atoms with Gasteiger partial charge in [-0.25, -0.2) is 4.98 Å². The fourth-order valence-electron chi connectivity index (χ4n) is 2.05. The summed E-state index contributed by atoms with van der Waals surface area (Å²) >= 11 is 0. The van der Waals surface area contributed by atoms with E-state index in [1.54, 1.807) is 4.90 Å². The number of halogens is 3. The molecule has 2 N–H and O–H groups in total. The van der Waals surface area contributed by atoms with Crippen molar-refractivity contribution in [1.82, 2.24) is 4.98 Å². The van der Waals surface area contributed by atoms with E-state index in [-0.39, 0.29) is 11.7 Å². The molecule has 2 rings (SSSR count). The minimum Gasteiger partial charge on any atom is -0.352 e. The molecule has 0 spiro atoms. The van der Waals surface area contributed by atoms with Gasteiger partial charge in [0.15, 0.2) is 0 Å². The molecule has 1 aliphatic rings. The molecule has 6 heteroatoms. The number of nitrogens with two attached hydrogens (primary N) is 1. The van der Waals surface area contributed by atoms with E-state index in [4.69, 9.17) is 5.73 Å². The Morgan fingerprint density at radius 1 is 1.39 bits per heavy atom. The maximum atomic E-state index is 12.8. The van der Waals surface area contributed by atoms with Gasteiger partial charge in [-0.3, -0.25) is 0 Å². The zero-order valence-corrected chi connectivity index (χ0v) is 10.3. The van der Waals surface area contributed by atoms with Crippen LogP contribution in [0.1, 0.15) is 19.4 Å². The number of hydrogen-bond acceptors (Lipinski definition) is 3. The number of anilines is 1. The third-order valence-electron chi connectivity index (χ3n) is 3.51. The highest BCUT2D eigenvalue weighted by molar-refractivity contribution is 5.52. The van der Waals surface area contributed by atoms with Crippen molar-refractivity contribution < 1.29 is 13.2 Å². The highest BCUT2D eigenvalue weighted by atomic mass is 19.4. The van der Waals surface area contributed by atoms with Crippen LogP contribution in [0.4, 0.5) is 19.0 Å². The Balaban J connectivity index is 2.23. The second-order valence-corrected chi connectivity index (χ2v) is 5.12. The van der Waals surface area contributed by atoms with Gasteiger partial charge in [-0.1, -0.05) is 13.8 Å². The maximum absolute atomic E-state index is 12.8. The van der Waals surface area contributed by atoms with Gasteiger partial charge in [-0.05, 0) is 18.1 Å². The van der Waals surface area contributed by atoms with Crippen LogP contribution >= 0.6 is 0 Å². The Morgan fingerprint density at radius 3 is 2.50 bits per heavy atom. The molecule has 0 unspecified atom stereocenters. The van der Waals surface area contributed by atoms with Crippen LogP contribution in [0, 0.1) is 5.92 Å². The highest BCUT2D eigenvalue weighted by Gasteiger charge is 2.45. The minimum absolute atomic E-state index is 0.0216. The third kappa shape index (κ3) is 2.16. The SMILES string of the molecule is CC(C)C1(N)CN(c2ncccc2C(F)(F)F)C1. The van der Waals surface area contributed by atoms with E-state index in [2.05, 4.69) is 4.98 Å². The Morgan fingerprint density at radius 2 is 2.00 bits per heavy atom. The first-order valence-corrected chi connectivity index (χ1v) is 5.80. The van der Waals surface area contributed by atoms with Gasteiger partial charge in [-0.2, -0.15) is 13.2 Å². The van der Waals surface area contributed by atoms with E-state index in [0.717, 1.165) is 6.07 Å². The van der Waals surface area contributed by atoms with Crippen molar-refractivity contribution >= 4 is 5.82 Å². The second-order valence-electron chi connectivity index (χ2n) is 5.12. The first-order valence-electron chi connectivity index (χ1n) is 5.80. The summed E-state index contributed by atoms with van der Waals surface area (Å²) in [5, 5.41) is 0. The van der Waals surface area contributed by atoms with Gasteiger partial charge in [0, 0.05) is 19.3 Å². The molecule has 0 aromatic carbocycles. The van der Waals surface area contributed by atoms with E-state index in [9.17, 15) is 13.2 Å². The Bertz CT molecular complexity index is 436. The number of hydrogen-bond donors (Lipinski definition) is 1. The average Bonchev–Trinajstić information content (AvgIpc) is 2.23. The summed E-state index contributed by atoms with van der Waals surface area (Å²) in [6.07, 6.45) is -3.01. The Labute approximate surface area is 104 Å². The van der Waals surface area contributed by atoms with E-state index in [0.29, 0.717) is 13.1 Å². The lowest BCUT2D eigenvalue weighted by Crippen LogP contribution is -2.70. The predicted molar refractivity (Wildman–Crippen MR) is 63.2 cm³/mol. The minimum atomic E-state index is -4.38. The van der Waals surface area contributed by atoms with Crippen molar-refractivity contribution in [1.29, 1.82) is 0 Å². The molecule has 1 aromatic heterocycles. The molecule has 1 saturated heterocycles. The summed E-state index contributed by atoms with van der Waals surface area (Å²) in [7, 11) is 0. The lowest BCUT2D eigenvalue weighted by atomic mass is 9.80. The number of nitrogens with zero attached hydrogens (tertiary/aromatic N) is 2. The van der Waals surface area contributed by atoms with Gasteiger partial charge in [0.2, 0.25) is 0 Å². The molecule has 1 aliphatic heterocycles. The molecule has 0 bridgehead atoms. The monoisotopic (exact) mass is 259 g/mol. The second kappa shape index (κ2) is 4.12. The van der Waals surface area contributed by atoms with Crippen LogP contribution in [0.25, 0.3) is 0 Å². The van der Waals surface area contributed by atoms with Crippen molar-refractivity contribution in [3.63, 3.8) is 0 Å². The molecular weight excluding hydrogens is 243 g/mol. The lowest BCUT2D eigenvalue weighted by molar-refractivity contribution is -0.137. The zero-order valence-electron chi connectivity index (χ0n) is 10.3. The Hall–Kier alpha value is -1.30. The first-order chi connectivity index (χ1) is 8.24. The molecule has 0 amide bonds. The predicted octanol–water partition coefficient (Wildman–Crippen LogP) is 2.27. The summed E-state index contributed by atoms with van der Waals surface area (Å²) in [4.78, 5) is 5.43. The third-order valence-corrected chi connectivity index (χ3v) is 3.51. The number of aromatic nitrogens is 1. The molecule has 0 radical (unpaired) electrons. The summed E-state index contributed by atoms with van der Waals surface area (Å²) in [6, 6.07) is 2.35. The van der Waals surface area contributed by atoms with Crippen molar-refractivity contribution in [2.45, 2.75) is 25.6 Å². The van der Waals surface area contributed by atoms with E-state index in [1.807, 2.05) is 13.8 Å². The smallest absolute Gasteiger partial charge is 0.352 e. The van der Waals surface area contributed by atoms with E-state index >= 15 is 0 Å². The van der Waals surface area contributed by atoms with Gasteiger partial charge < -0.3 is 10.6 Å². The van der Waals surface area contributed by atoms with Crippen LogP contribution < -0.4 is 10.6 Å². The van der Waals surface area contributed by atoms with Gasteiger partial charge in [0.1, 0.15) is 5.82 Å². The largest absolute Gasteiger partial charge is 0.419 e. The van der Waals surface area contributed by atoms with E-state index < -0.39 is 17.3 Å². The molecule has 0 aliphatic carbocycles. The van der Waals surface area contributed by atoms with E-state index in [1.165, 1.54) is 12.3 Å². The zero-order chi connectivity index (χ0) is 13.6. The highest BCUT2D eigenvalue weighted by Crippen LogP contribution is 2.38. The van der Waals surface area contributed by atoms with Crippen molar-refractivity contribution in [3.8, 4) is 0 Å².